The number of hydrogen-bond acceptors (Lipinski definition) is 5. The molecule has 0 aliphatic heterocycles. The maximum Gasteiger partial charge on any atom is 0.199 e. The Morgan fingerprint density at radius 1 is 0.944 bits per heavy atom. The van der Waals surface area contributed by atoms with E-state index in [0.717, 1.165) is 11.3 Å². The average molecular weight is 260 g/mol. The largest absolute Gasteiger partial charge is 0.507 e. The first-order valence-electron chi connectivity index (χ1n) is 5.19. The van der Waals surface area contributed by atoms with Gasteiger partial charge in [0.2, 0.25) is 0 Å². The Bertz CT molecular complexity index is 836. The summed E-state index contributed by atoms with van der Waals surface area (Å²) in [5, 5.41) is 29.5. The quantitative estimate of drug-likeness (QED) is 0.429. The van der Waals surface area contributed by atoms with Crippen molar-refractivity contribution in [1.82, 2.24) is 0 Å². The molecule has 2 aromatic carbocycles. The third-order valence-corrected chi connectivity index (χ3v) is 3.98. The molecule has 0 saturated heterocycles. The zero-order valence-electron chi connectivity index (χ0n) is 9.04. The van der Waals surface area contributed by atoms with E-state index in [2.05, 4.69) is 0 Å². The van der Waals surface area contributed by atoms with Gasteiger partial charge in [0.15, 0.2) is 16.9 Å². The molecule has 0 fully saturated rings. The summed E-state index contributed by atoms with van der Waals surface area (Å²) in [5.41, 5.74) is -0.354. The fourth-order valence-corrected chi connectivity index (χ4v) is 3.06. The normalized spacial score (nSPS) is 11.1. The number of fused-ring (bicyclic) bond motifs is 2. The van der Waals surface area contributed by atoms with Crippen molar-refractivity contribution in [2.45, 2.75) is 0 Å². The molecule has 4 nitrogen and oxygen atoms in total. The predicted octanol–water partition coefficient (Wildman–Crippen LogP) is 2.53. The lowest BCUT2D eigenvalue weighted by Gasteiger charge is -2.05. The molecule has 0 unspecified atom stereocenters. The highest BCUT2D eigenvalue weighted by Crippen LogP contribution is 2.38. The van der Waals surface area contributed by atoms with Crippen LogP contribution in [0, 0.1) is 0 Å². The molecule has 0 amide bonds. The summed E-state index contributed by atoms with van der Waals surface area (Å²) in [6, 6.07) is 7.46. The molecule has 3 N–H and O–H groups in total. The van der Waals surface area contributed by atoms with Gasteiger partial charge in [-0.1, -0.05) is 6.07 Å². The van der Waals surface area contributed by atoms with Crippen LogP contribution in [0.3, 0.4) is 0 Å². The SMILES string of the molecule is O=c1c2ccc(O)c(O)c2sc2cccc(O)c12. The van der Waals surface area contributed by atoms with Crippen molar-refractivity contribution in [2.75, 3.05) is 0 Å². The Hall–Kier alpha value is -2.27. The van der Waals surface area contributed by atoms with Gasteiger partial charge in [0.05, 0.1) is 10.1 Å². The van der Waals surface area contributed by atoms with Crippen LogP contribution in [0.5, 0.6) is 17.2 Å². The van der Waals surface area contributed by atoms with Crippen LogP contribution in [0.4, 0.5) is 0 Å². The zero-order chi connectivity index (χ0) is 12.9. The Balaban J connectivity index is 2.66. The van der Waals surface area contributed by atoms with Crippen LogP contribution in [0.25, 0.3) is 20.2 Å². The highest BCUT2D eigenvalue weighted by atomic mass is 32.1. The first-order chi connectivity index (χ1) is 8.59. The molecule has 5 heteroatoms. The number of phenolic OH excluding ortho intramolecular Hbond substituents is 3. The zero-order valence-corrected chi connectivity index (χ0v) is 9.86. The van der Waals surface area contributed by atoms with Gasteiger partial charge in [0.1, 0.15) is 5.75 Å². The fraction of sp³-hybridized carbons (Fsp3) is 0. The van der Waals surface area contributed by atoms with Gasteiger partial charge in [0.25, 0.3) is 0 Å². The first-order valence-corrected chi connectivity index (χ1v) is 6.00. The van der Waals surface area contributed by atoms with Crippen LogP contribution in [0.1, 0.15) is 0 Å². The predicted molar refractivity (Wildman–Crippen MR) is 70.6 cm³/mol. The molecule has 3 rings (SSSR count). The minimum absolute atomic E-state index is 0.0804. The van der Waals surface area contributed by atoms with Gasteiger partial charge < -0.3 is 15.3 Å². The second-order valence-electron chi connectivity index (χ2n) is 3.89. The number of benzene rings is 2. The van der Waals surface area contributed by atoms with Gasteiger partial charge in [-0.25, -0.2) is 0 Å². The molecule has 0 bridgehead atoms. The maximum absolute atomic E-state index is 12.2. The van der Waals surface area contributed by atoms with E-state index < -0.39 is 0 Å². The van der Waals surface area contributed by atoms with Gasteiger partial charge in [-0.05, 0) is 24.3 Å². The summed E-state index contributed by atoms with van der Waals surface area (Å²) in [6.45, 7) is 0. The number of aromatic hydroxyl groups is 3. The van der Waals surface area contributed by atoms with E-state index in [1.807, 2.05) is 0 Å². The first kappa shape index (κ1) is 10.9. The Morgan fingerprint density at radius 3 is 2.50 bits per heavy atom. The highest BCUT2D eigenvalue weighted by Gasteiger charge is 2.13. The molecule has 0 aliphatic rings. The highest BCUT2D eigenvalue weighted by molar-refractivity contribution is 7.25. The van der Waals surface area contributed by atoms with E-state index in [1.54, 1.807) is 12.1 Å². The number of rotatable bonds is 0. The van der Waals surface area contributed by atoms with Crippen LogP contribution in [-0.2, 0) is 0 Å². The van der Waals surface area contributed by atoms with Crippen LogP contribution in [-0.4, -0.2) is 15.3 Å². The number of hydrogen-bond donors (Lipinski definition) is 3. The summed E-state index contributed by atoms with van der Waals surface area (Å²) in [5.74, 6) is -0.652. The average Bonchev–Trinajstić information content (AvgIpc) is 2.34. The third kappa shape index (κ3) is 1.34. The molecular formula is C13H8O4S. The molecular weight excluding hydrogens is 252 g/mol. The van der Waals surface area contributed by atoms with Crippen LogP contribution < -0.4 is 5.43 Å². The lowest BCUT2D eigenvalue weighted by Crippen LogP contribution is -2.01. The van der Waals surface area contributed by atoms with Crippen LogP contribution in [0.2, 0.25) is 0 Å². The lowest BCUT2D eigenvalue weighted by atomic mass is 10.1. The molecule has 90 valence electrons. The third-order valence-electron chi connectivity index (χ3n) is 2.80. The van der Waals surface area contributed by atoms with Crippen molar-refractivity contribution in [2.24, 2.45) is 0 Å². The minimum atomic E-state index is -0.354. The second kappa shape index (κ2) is 3.61. The molecule has 0 saturated carbocycles. The summed E-state index contributed by atoms with van der Waals surface area (Å²) in [7, 11) is 0. The van der Waals surface area contributed by atoms with Gasteiger partial charge in [-0.2, -0.15) is 0 Å². The summed E-state index contributed by atoms with van der Waals surface area (Å²) in [6.07, 6.45) is 0. The Morgan fingerprint density at radius 2 is 1.72 bits per heavy atom. The van der Waals surface area contributed by atoms with Crippen molar-refractivity contribution in [1.29, 1.82) is 0 Å². The van der Waals surface area contributed by atoms with Gasteiger partial charge in [-0.15, -0.1) is 11.3 Å². The lowest BCUT2D eigenvalue weighted by molar-refractivity contribution is 0.409. The summed E-state index contributed by atoms with van der Waals surface area (Å²) < 4.78 is 0.881. The van der Waals surface area contributed by atoms with Crippen LogP contribution in [0.15, 0.2) is 35.1 Å². The van der Waals surface area contributed by atoms with Crippen molar-refractivity contribution in [3.63, 3.8) is 0 Å². The Kier molecular flexibility index (Phi) is 2.18. The molecule has 0 atom stereocenters. The van der Waals surface area contributed by atoms with Gasteiger partial charge >= 0.3 is 0 Å². The maximum atomic E-state index is 12.2. The van der Waals surface area contributed by atoms with E-state index >= 15 is 0 Å². The van der Waals surface area contributed by atoms with E-state index in [1.165, 1.54) is 18.2 Å². The van der Waals surface area contributed by atoms with E-state index in [-0.39, 0.29) is 33.4 Å². The monoisotopic (exact) mass is 260 g/mol. The summed E-state index contributed by atoms with van der Waals surface area (Å²) in [4.78, 5) is 12.2. The van der Waals surface area contributed by atoms with E-state index in [0.29, 0.717) is 9.40 Å². The minimum Gasteiger partial charge on any atom is -0.507 e. The molecule has 1 aromatic heterocycles. The Labute approximate surface area is 105 Å². The van der Waals surface area contributed by atoms with Crippen molar-refractivity contribution < 1.29 is 15.3 Å². The van der Waals surface area contributed by atoms with E-state index in [4.69, 9.17) is 0 Å². The topological polar surface area (TPSA) is 77.8 Å². The van der Waals surface area contributed by atoms with Gasteiger partial charge in [0, 0.05) is 10.1 Å². The molecule has 18 heavy (non-hydrogen) atoms. The molecule has 1 heterocycles. The van der Waals surface area contributed by atoms with E-state index in [9.17, 15) is 20.1 Å². The molecule has 3 aromatic rings. The van der Waals surface area contributed by atoms with Gasteiger partial charge in [-0.3, -0.25) is 4.79 Å². The number of phenols is 3. The standard InChI is InChI=1S/C13H8O4S/c14-7-2-1-3-9-10(7)11(16)6-4-5-8(15)12(17)13(6)18-9/h1-5,14-15,17H. The van der Waals surface area contributed by atoms with Crippen molar-refractivity contribution in [3.05, 3.63) is 40.6 Å². The van der Waals surface area contributed by atoms with Crippen molar-refractivity contribution >= 4 is 31.5 Å². The smallest absolute Gasteiger partial charge is 0.199 e. The summed E-state index contributed by atoms with van der Waals surface area (Å²) >= 11 is 1.15. The van der Waals surface area contributed by atoms with Crippen molar-refractivity contribution in [3.8, 4) is 17.2 Å². The second-order valence-corrected chi connectivity index (χ2v) is 4.94. The molecule has 0 aliphatic carbocycles. The van der Waals surface area contributed by atoms with Crippen LogP contribution >= 0.6 is 11.3 Å². The molecule has 0 radical (unpaired) electrons. The fourth-order valence-electron chi connectivity index (χ4n) is 1.92. The molecule has 0 spiro atoms.